The lowest BCUT2D eigenvalue weighted by molar-refractivity contribution is 1.24. The zero-order valence-electron chi connectivity index (χ0n) is 28.8. The van der Waals surface area contributed by atoms with Crippen LogP contribution in [0.5, 0.6) is 0 Å². The Kier molecular flexibility index (Phi) is 8.30. The molecular weight excluding hydrogens is 669 g/mol. The Hall–Kier alpha value is -7.58. The molecule has 0 amide bonds. The summed E-state index contributed by atoms with van der Waals surface area (Å²) in [6.07, 6.45) is 0. The van der Waals surface area contributed by atoms with Crippen LogP contribution in [-0.4, -0.2) is 29.9 Å². The number of benzene rings is 4. The van der Waals surface area contributed by atoms with Crippen molar-refractivity contribution in [1.29, 1.82) is 0 Å². The highest BCUT2D eigenvalue weighted by Crippen LogP contribution is 2.25. The van der Waals surface area contributed by atoms with E-state index >= 15 is 0 Å². The molecular formula is C46H30N6O2. The SMILES string of the molecule is O=c1cc(-c2ccc3ccccc3n2)[nH]c(-c2ccc3ccccc3n2)c1.O=c1cc(-c2ccc3ccccc3n2)[nH]c(-c2ccc3ccccc3n2)c1. The van der Waals surface area contributed by atoms with Crippen LogP contribution in [0.2, 0.25) is 0 Å². The fraction of sp³-hybridized carbons (Fsp3) is 0. The number of aromatic amines is 2. The van der Waals surface area contributed by atoms with Crippen molar-refractivity contribution in [1.82, 2.24) is 29.9 Å². The Morgan fingerprint density at radius 3 is 0.796 bits per heavy atom. The molecule has 54 heavy (non-hydrogen) atoms. The molecule has 0 unspecified atom stereocenters. The molecule has 8 nitrogen and oxygen atoms in total. The van der Waals surface area contributed by atoms with Crippen molar-refractivity contribution in [2.24, 2.45) is 0 Å². The van der Waals surface area contributed by atoms with Crippen molar-refractivity contribution in [3.05, 3.63) is 190 Å². The van der Waals surface area contributed by atoms with Gasteiger partial charge in [0.05, 0.1) is 67.6 Å². The highest BCUT2D eigenvalue weighted by atomic mass is 16.1. The lowest BCUT2D eigenvalue weighted by Crippen LogP contribution is -2.03. The fourth-order valence-corrected chi connectivity index (χ4v) is 6.50. The minimum absolute atomic E-state index is 0.0799. The minimum atomic E-state index is -0.0799. The minimum Gasteiger partial charge on any atom is -0.352 e. The number of rotatable bonds is 4. The molecule has 10 aromatic rings. The first-order chi connectivity index (χ1) is 26.5. The number of aromatic nitrogens is 6. The summed E-state index contributed by atoms with van der Waals surface area (Å²) in [5, 5.41) is 4.26. The van der Waals surface area contributed by atoms with Crippen molar-refractivity contribution in [3.63, 3.8) is 0 Å². The summed E-state index contributed by atoms with van der Waals surface area (Å²) in [4.78, 5) is 50.0. The molecule has 0 fully saturated rings. The number of nitrogens with one attached hydrogen (secondary N) is 2. The van der Waals surface area contributed by atoms with Crippen molar-refractivity contribution in [2.45, 2.75) is 0 Å². The van der Waals surface area contributed by atoms with Gasteiger partial charge in [0, 0.05) is 45.8 Å². The normalized spacial score (nSPS) is 11.1. The number of nitrogens with zero attached hydrogens (tertiary/aromatic N) is 4. The van der Waals surface area contributed by atoms with Crippen LogP contribution in [0.4, 0.5) is 0 Å². The molecule has 0 saturated heterocycles. The predicted molar refractivity (Wildman–Crippen MR) is 217 cm³/mol. The Balaban J connectivity index is 0.000000142. The molecule has 0 spiro atoms. The van der Waals surface area contributed by atoms with Gasteiger partial charge in [-0.1, -0.05) is 97.1 Å². The maximum absolute atomic E-state index is 12.3. The molecule has 10 rings (SSSR count). The van der Waals surface area contributed by atoms with Gasteiger partial charge in [-0.3, -0.25) is 9.59 Å². The number of fused-ring (bicyclic) bond motifs is 4. The highest BCUT2D eigenvalue weighted by molar-refractivity contribution is 5.84. The highest BCUT2D eigenvalue weighted by Gasteiger charge is 2.10. The summed E-state index contributed by atoms with van der Waals surface area (Å²) in [5.41, 5.74) is 9.05. The number of pyridine rings is 6. The number of H-pyrrole nitrogens is 2. The average Bonchev–Trinajstić information content (AvgIpc) is 3.22. The van der Waals surface area contributed by atoms with Crippen LogP contribution < -0.4 is 10.9 Å². The van der Waals surface area contributed by atoms with Crippen molar-refractivity contribution < 1.29 is 0 Å². The zero-order valence-corrected chi connectivity index (χ0v) is 28.8. The molecule has 0 radical (unpaired) electrons. The molecule has 0 saturated carbocycles. The first-order valence-corrected chi connectivity index (χ1v) is 17.5. The van der Waals surface area contributed by atoms with Crippen LogP contribution >= 0.6 is 0 Å². The van der Waals surface area contributed by atoms with E-state index in [4.69, 9.17) is 0 Å². The molecule has 0 bridgehead atoms. The van der Waals surface area contributed by atoms with E-state index in [9.17, 15) is 9.59 Å². The zero-order chi connectivity index (χ0) is 36.4. The van der Waals surface area contributed by atoms with Gasteiger partial charge in [-0.25, -0.2) is 19.9 Å². The first kappa shape index (κ1) is 32.3. The third-order valence-corrected chi connectivity index (χ3v) is 9.18. The second-order valence-electron chi connectivity index (χ2n) is 12.8. The molecule has 0 aliphatic rings. The lowest BCUT2D eigenvalue weighted by atomic mass is 10.1. The molecule has 6 heterocycles. The summed E-state index contributed by atoms with van der Waals surface area (Å²) < 4.78 is 0. The van der Waals surface area contributed by atoms with Crippen LogP contribution in [0.1, 0.15) is 0 Å². The lowest BCUT2D eigenvalue weighted by Gasteiger charge is -2.07. The molecule has 4 aromatic carbocycles. The summed E-state index contributed by atoms with van der Waals surface area (Å²) in [6, 6.07) is 53.7. The van der Waals surface area contributed by atoms with Crippen molar-refractivity contribution in [2.75, 3.05) is 0 Å². The number of para-hydroxylation sites is 4. The maximum Gasteiger partial charge on any atom is 0.182 e. The van der Waals surface area contributed by atoms with Gasteiger partial charge in [0.15, 0.2) is 10.9 Å². The van der Waals surface area contributed by atoms with Gasteiger partial charge in [0.2, 0.25) is 0 Å². The van der Waals surface area contributed by atoms with Crippen molar-refractivity contribution in [3.8, 4) is 45.6 Å². The fourth-order valence-electron chi connectivity index (χ4n) is 6.50. The average molecular weight is 699 g/mol. The summed E-state index contributed by atoms with van der Waals surface area (Å²) >= 11 is 0. The summed E-state index contributed by atoms with van der Waals surface area (Å²) in [5.74, 6) is 0. The molecule has 6 aromatic heterocycles. The van der Waals surface area contributed by atoms with E-state index in [1.54, 1.807) is 24.3 Å². The van der Waals surface area contributed by atoms with E-state index < -0.39 is 0 Å². The summed E-state index contributed by atoms with van der Waals surface area (Å²) in [6.45, 7) is 0. The first-order valence-electron chi connectivity index (χ1n) is 17.5. The van der Waals surface area contributed by atoms with E-state index in [0.29, 0.717) is 22.8 Å². The van der Waals surface area contributed by atoms with Gasteiger partial charge < -0.3 is 9.97 Å². The quantitative estimate of drug-likeness (QED) is 0.189. The van der Waals surface area contributed by atoms with Gasteiger partial charge in [-0.05, 0) is 48.5 Å². The van der Waals surface area contributed by atoms with E-state index in [-0.39, 0.29) is 10.9 Å². The molecule has 2 N–H and O–H groups in total. The van der Waals surface area contributed by atoms with Crippen molar-refractivity contribution >= 4 is 43.6 Å². The van der Waals surface area contributed by atoms with E-state index in [1.807, 2.05) is 146 Å². The maximum atomic E-state index is 12.3. The second kappa shape index (κ2) is 13.9. The van der Waals surface area contributed by atoms with Crippen LogP contribution in [0, 0.1) is 0 Å². The third kappa shape index (κ3) is 6.63. The third-order valence-electron chi connectivity index (χ3n) is 9.18. The smallest absolute Gasteiger partial charge is 0.182 e. The van der Waals surface area contributed by atoms with Gasteiger partial charge in [0.1, 0.15) is 0 Å². The van der Waals surface area contributed by atoms with E-state index in [2.05, 4.69) is 29.9 Å². The second-order valence-corrected chi connectivity index (χ2v) is 12.8. The number of hydrogen-bond donors (Lipinski definition) is 2. The monoisotopic (exact) mass is 698 g/mol. The van der Waals surface area contributed by atoms with E-state index in [1.165, 1.54) is 0 Å². The van der Waals surface area contributed by atoms with Gasteiger partial charge in [0.25, 0.3) is 0 Å². The van der Waals surface area contributed by atoms with Crippen LogP contribution in [0.15, 0.2) is 179 Å². The standard InChI is InChI=1S/2C23H15N3O/c2*27-17-13-22(20-11-9-15-5-1-3-7-18(15)24-20)26-23(14-17)21-12-10-16-6-2-4-8-19(16)25-21/h2*1-14H,(H,26,27). The van der Waals surface area contributed by atoms with Gasteiger partial charge in [-0.15, -0.1) is 0 Å². The Morgan fingerprint density at radius 2 is 0.537 bits per heavy atom. The summed E-state index contributed by atoms with van der Waals surface area (Å²) in [7, 11) is 0. The molecule has 0 aliphatic carbocycles. The Morgan fingerprint density at radius 1 is 0.296 bits per heavy atom. The van der Waals surface area contributed by atoms with Crippen LogP contribution in [0.3, 0.4) is 0 Å². The van der Waals surface area contributed by atoms with Gasteiger partial charge in [-0.2, -0.15) is 0 Å². The Bertz CT molecular complexity index is 2720. The molecule has 0 aliphatic heterocycles. The largest absolute Gasteiger partial charge is 0.352 e. The van der Waals surface area contributed by atoms with Crippen LogP contribution in [0.25, 0.3) is 89.2 Å². The van der Waals surface area contributed by atoms with Crippen LogP contribution in [-0.2, 0) is 0 Å². The van der Waals surface area contributed by atoms with E-state index in [0.717, 1.165) is 66.4 Å². The molecule has 256 valence electrons. The predicted octanol–water partition coefficient (Wildman–Crippen LogP) is 9.61. The molecule has 8 heteroatoms. The number of hydrogen-bond acceptors (Lipinski definition) is 6. The van der Waals surface area contributed by atoms with Gasteiger partial charge >= 0.3 is 0 Å². The Labute approximate surface area is 308 Å². The molecule has 0 atom stereocenters. The topological polar surface area (TPSA) is 117 Å².